The molecule has 0 aliphatic rings. The molecule has 0 amide bonds. The molecular weight excluding hydrogens is 261 g/mol. The molecule has 0 spiro atoms. The van der Waals surface area contributed by atoms with E-state index in [1.807, 2.05) is 30.3 Å². The van der Waals surface area contributed by atoms with Crippen molar-refractivity contribution in [2.24, 2.45) is 0 Å². The lowest BCUT2D eigenvalue weighted by molar-refractivity contribution is 1.25. The molecule has 0 bridgehead atoms. The van der Waals surface area contributed by atoms with Crippen molar-refractivity contribution >= 4 is 35.0 Å². The van der Waals surface area contributed by atoms with Gasteiger partial charge in [0.05, 0.1) is 5.02 Å². The van der Waals surface area contributed by atoms with Crippen LogP contribution >= 0.6 is 35.0 Å². The Kier molecular flexibility index (Phi) is 4.10. The van der Waals surface area contributed by atoms with Gasteiger partial charge in [-0.3, -0.25) is 0 Å². The van der Waals surface area contributed by atoms with Crippen molar-refractivity contribution in [3.05, 3.63) is 58.3 Å². The van der Waals surface area contributed by atoms with Gasteiger partial charge in [-0.05, 0) is 23.8 Å². The highest BCUT2D eigenvalue weighted by Gasteiger charge is 2.00. The van der Waals surface area contributed by atoms with Gasteiger partial charge in [-0.1, -0.05) is 41.4 Å². The summed E-state index contributed by atoms with van der Waals surface area (Å²) in [7, 11) is 0. The first-order valence-corrected chi connectivity index (χ1v) is 6.47. The summed E-state index contributed by atoms with van der Waals surface area (Å²) in [6, 6.07) is 11.6. The fraction of sp³-hybridized carbons (Fsp3) is 0.0833. The molecule has 2 rings (SSSR count). The van der Waals surface area contributed by atoms with Crippen LogP contribution in [-0.4, -0.2) is 4.98 Å². The lowest BCUT2D eigenvalue weighted by Gasteiger charge is -2.03. The normalized spacial score (nSPS) is 10.4. The van der Waals surface area contributed by atoms with Gasteiger partial charge in [0.15, 0.2) is 0 Å². The quantitative estimate of drug-likeness (QED) is 0.593. The van der Waals surface area contributed by atoms with Crippen LogP contribution in [0.1, 0.15) is 5.56 Å². The molecule has 0 radical (unpaired) electrons. The molecule has 0 atom stereocenters. The minimum atomic E-state index is 0.520. The fourth-order valence-electron chi connectivity index (χ4n) is 1.21. The van der Waals surface area contributed by atoms with Crippen molar-refractivity contribution in [2.75, 3.05) is 0 Å². The highest BCUT2D eigenvalue weighted by atomic mass is 35.5. The number of benzene rings is 1. The number of pyridine rings is 1. The lowest BCUT2D eigenvalue weighted by atomic mass is 10.3. The van der Waals surface area contributed by atoms with Gasteiger partial charge in [0, 0.05) is 16.8 Å². The lowest BCUT2D eigenvalue weighted by Crippen LogP contribution is -1.83. The van der Waals surface area contributed by atoms with Gasteiger partial charge in [-0.25, -0.2) is 4.98 Å². The Bertz CT molecular complexity index is 471. The maximum absolute atomic E-state index is 6.06. The van der Waals surface area contributed by atoms with Gasteiger partial charge in [0.2, 0.25) is 0 Å². The van der Waals surface area contributed by atoms with E-state index in [-0.39, 0.29) is 0 Å². The van der Waals surface area contributed by atoms with Crippen molar-refractivity contribution in [3.8, 4) is 0 Å². The number of nitrogens with zero attached hydrogens (tertiary/aromatic N) is 1. The summed E-state index contributed by atoms with van der Waals surface area (Å²) in [5, 5.41) is 1.31. The second kappa shape index (κ2) is 5.58. The predicted molar refractivity (Wildman–Crippen MR) is 70.3 cm³/mol. The predicted octanol–water partition coefficient (Wildman–Crippen LogP) is 4.68. The van der Waals surface area contributed by atoms with Crippen LogP contribution in [0.5, 0.6) is 0 Å². The highest BCUT2D eigenvalue weighted by molar-refractivity contribution is 7.98. The van der Waals surface area contributed by atoms with E-state index in [0.717, 1.165) is 21.2 Å². The fourth-order valence-corrected chi connectivity index (χ4v) is 2.50. The Balaban J connectivity index is 2.02. The number of halogens is 2. The summed E-state index contributed by atoms with van der Waals surface area (Å²) in [4.78, 5) is 5.12. The Labute approximate surface area is 109 Å². The Morgan fingerprint density at radius 1 is 1.06 bits per heavy atom. The van der Waals surface area contributed by atoms with E-state index in [2.05, 4.69) is 4.98 Å². The standard InChI is InChI=1S/C12H9Cl2NS/c13-10-3-1-2-4-11(10)16-8-9-5-6-12(14)15-7-9/h1-7H,8H2. The van der Waals surface area contributed by atoms with Gasteiger partial charge in [-0.2, -0.15) is 0 Å². The molecule has 0 unspecified atom stereocenters. The first kappa shape index (κ1) is 11.8. The van der Waals surface area contributed by atoms with E-state index in [0.29, 0.717) is 5.15 Å². The van der Waals surface area contributed by atoms with Crippen LogP contribution in [0.2, 0.25) is 10.2 Å². The second-order valence-corrected chi connectivity index (χ2v) is 5.02. The van der Waals surface area contributed by atoms with Crippen LogP contribution in [0.3, 0.4) is 0 Å². The summed E-state index contributed by atoms with van der Waals surface area (Å²) in [6.07, 6.45) is 1.78. The van der Waals surface area contributed by atoms with Crippen molar-refractivity contribution in [1.82, 2.24) is 4.98 Å². The molecule has 0 saturated carbocycles. The third kappa shape index (κ3) is 3.14. The van der Waals surface area contributed by atoms with Crippen LogP contribution in [-0.2, 0) is 5.75 Å². The van der Waals surface area contributed by atoms with E-state index in [1.165, 1.54) is 0 Å². The molecule has 4 heteroatoms. The largest absolute Gasteiger partial charge is 0.244 e. The molecule has 0 saturated heterocycles. The minimum absolute atomic E-state index is 0.520. The van der Waals surface area contributed by atoms with E-state index >= 15 is 0 Å². The zero-order valence-corrected chi connectivity index (χ0v) is 10.7. The monoisotopic (exact) mass is 269 g/mol. The van der Waals surface area contributed by atoms with E-state index < -0.39 is 0 Å². The first-order chi connectivity index (χ1) is 7.75. The summed E-state index contributed by atoms with van der Waals surface area (Å²) >= 11 is 13.5. The molecule has 0 N–H and O–H groups in total. The molecule has 1 heterocycles. The Morgan fingerprint density at radius 3 is 2.56 bits per heavy atom. The molecule has 2 aromatic rings. The maximum Gasteiger partial charge on any atom is 0.129 e. The Hall–Kier alpha value is -0.700. The highest BCUT2D eigenvalue weighted by Crippen LogP contribution is 2.29. The molecule has 82 valence electrons. The molecule has 1 nitrogen and oxygen atoms in total. The number of thioether (sulfide) groups is 1. The summed E-state index contributed by atoms with van der Waals surface area (Å²) in [5.41, 5.74) is 1.13. The van der Waals surface area contributed by atoms with Crippen LogP contribution in [0.15, 0.2) is 47.5 Å². The number of hydrogen-bond donors (Lipinski definition) is 0. The van der Waals surface area contributed by atoms with E-state index in [4.69, 9.17) is 23.2 Å². The molecule has 1 aromatic heterocycles. The van der Waals surface area contributed by atoms with Crippen molar-refractivity contribution < 1.29 is 0 Å². The maximum atomic E-state index is 6.06. The SMILES string of the molecule is Clc1ccc(CSc2ccccc2Cl)cn1. The smallest absolute Gasteiger partial charge is 0.129 e. The van der Waals surface area contributed by atoms with Gasteiger partial charge < -0.3 is 0 Å². The van der Waals surface area contributed by atoms with Gasteiger partial charge >= 0.3 is 0 Å². The Morgan fingerprint density at radius 2 is 1.88 bits per heavy atom. The van der Waals surface area contributed by atoms with Gasteiger partial charge in [0.25, 0.3) is 0 Å². The second-order valence-electron chi connectivity index (χ2n) is 3.21. The summed E-state index contributed by atoms with van der Waals surface area (Å²) in [5.74, 6) is 0.841. The third-order valence-electron chi connectivity index (χ3n) is 2.02. The molecule has 0 aliphatic heterocycles. The van der Waals surface area contributed by atoms with Crippen LogP contribution in [0.25, 0.3) is 0 Å². The summed E-state index contributed by atoms with van der Waals surface area (Å²) in [6.45, 7) is 0. The average Bonchev–Trinajstić information content (AvgIpc) is 2.30. The van der Waals surface area contributed by atoms with Gasteiger partial charge in [0.1, 0.15) is 5.15 Å². The topological polar surface area (TPSA) is 12.9 Å². The molecule has 0 aliphatic carbocycles. The molecule has 1 aromatic carbocycles. The van der Waals surface area contributed by atoms with Crippen molar-refractivity contribution in [3.63, 3.8) is 0 Å². The van der Waals surface area contributed by atoms with Crippen LogP contribution in [0.4, 0.5) is 0 Å². The average molecular weight is 270 g/mol. The van der Waals surface area contributed by atoms with Gasteiger partial charge in [-0.15, -0.1) is 11.8 Å². The van der Waals surface area contributed by atoms with Crippen molar-refractivity contribution in [2.45, 2.75) is 10.6 Å². The minimum Gasteiger partial charge on any atom is -0.244 e. The number of rotatable bonds is 3. The third-order valence-corrected chi connectivity index (χ3v) is 3.83. The zero-order chi connectivity index (χ0) is 11.4. The number of aromatic nitrogens is 1. The molecule has 0 fully saturated rings. The zero-order valence-electron chi connectivity index (χ0n) is 8.36. The number of hydrogen-bond acceptors (Lipinski definition) is 2. The van der Waals surface area contributed by atoms with Crippen LogP contribution in [0, 0.1) is 0 Å². The first-order valence-electron chi connectivity index (χ1n) is 4.73. The van der Waals surface area contributed by atoms with E-state index in [1.54, 1.807) is 24.0 Å². The summed E-state index contributed by atoms with van der Waals surface area (Å²) < 4.78 is 0. The molecular formula is C12H9Cl2NS. The van der Waals surface area contributed by atoms with Crippen LogP contribution < -0.4 is 0 Å². The molecule has 16 heavy (non-hydrogen) atoms. The van der Waals surface area contributed by atoms with E-state index in [9.17, 15) is 0 Å². The van der Waals surface area contributed by atoms with Crippen molar-refractivity contribution in [1.29, 1.82) is 0 Å².